The highest BCUT2D eigenvalue weighted by atomic mass is 16.5. The summed E-state index contributed by atoms with van der Waals surface area (Å²) >= 11 is 0. The first-order valence-corrected chi connectivity index (χ1v) is 8.70. The van der Waals surface area contributed by atoms with Gasteiger partial charge in [-0.3, -0.25) is 9.59 Å². The average molecular weight is 326 g/mol. The van der Waals surface area contributed by atoms with Crippen molar-refractivity contribution in [2.45, 2.75) is 19.3 Å². The Morgan fingerprint density at radius 1 is 1.25 bits per heavy atom. The number of hydrogen-bond acceptors (Lipinski definition) is 3. The fraction of sp³-hybridized carbons (Fsp3) is 0.474. The minimum absolute atomic E-state index is 0.0294. The summed E-state index contributed by atoms with van der Waals surface area (Å²) in [7, 11) is 0. The van der Waals surface area contributed by atoms with Crippen molar-refractivity contribution in [3.63, 3.8) is 0 Å². The van der Waals surface area contributed by atoms with E-state index in [2.05, 4.69) is 17.5 Å². The van der Waals surface area contributed by atoms with Crippen LogP contribution >= 0.6 is 0 Å². The van der Waals surface area contributed by atoms with E-state index < -0.39 is 0 Å². The summed E-state index contributed by atoms with van der Waals surface area (Å²) in [6, 6.07) is 7.57. The van der Waals surface area contributed by atoms with Gasteiger partial charge >= 0.3 is 0 Å². The fourth-order valence-electron chi connectivity index (χ4n) is 4.06. The zero-order chi connectivity index (χ0) is 16.5. The monoisotopic (exact) mass is 326 g/mol. The van der Waals surface area contributed by atoms with Gasteiger partial charge < -0.3 is 15.0 Å². The van der Waals surface area contributed by atoms with E-state index >= 15 is 0 Å². The second kappa shape index (κ2) is 6.30. The molecule has 1 heterocycles. The summed E-state index contributed by atoms with van der Waals surface area (Å²) < 4.78 is 5.44. The van der Waals surface area contributed by atoms with Crippen molar-refractivity contribution >= 4 is 17.5 Å². The van der Waals surface area contributed by atoms with Gasteiger partial charge in [-0.15, -0.1) is 0 Å². The Balaban J connectivity index is 1.28. The third kappa shape index (κ3) is 2.79. The third-order valence-corrected chi connectivity index (χ3v) is 5.28. The maximum Gasteiger partial charge on any atom is 0.265 e. The molecule has 4 rings (SSSR count). The first-order chi connectivity index (χ1) is 11.7. The van der Waals surface area contributed by atoms with E-state index in [4.69, 9.17) is 4.74 Å². The number of allylic oxidation sites excluding steroid dienone is 2. The molecule has 0 radical (unpaired) electrons. The standard InChI is InChI=1S/C19H22N2O3/c22-18-12-24-17-5-2-1-4-16(17)21(18)9-3-8-20-19(23)15-11-13-6-7-14(15)10-13/h1-2,4-7,13-15H,3,8-12H2,(H,20,23). The van der Waals surface area contributed by atoms with Crippen molar-refractivity contribution in [3.05, 3.63) is 36.4 Å². The molecule has 5 nitrogen and oxygen atoms in total. The summed E-state index contributed by atoms with van der Waals surface area (Å²) in [6.45, 7) is 1.28. The van der Waals surface area contributed by atoms with Crippen LogP contribution in [0.4, 0.5) is 5.69 Å². The predicted molar refractivity (Wildman–Crippen MR) is 90.8 cm³/mol. The summed E-state index contributed by atoms with van der Waals surface area (Å²) in [5, 5.41) is 3.05. The first-order valence-electron chi connectivity index (χ1n) is 8.70. The normalized spacial score (nSPS) is 27.1. The molecule has 1 aromatic rings. The number of hydrogen-bond donors (Lipinski definition) is 1. The van der Waals surface area contributed by atoms with Gasteiger partial charge in [-0.25, -0.2) is 0 Å². The topological polar surface area (TPSA) is 58.6 Å². The highest BCUT2D eigenvalue weighted by Gasteiger charge is 2.39. The number of benzene rings is 1. The Bertz CT molecular complexity index is 685. The van der Waals surface area contributed by atoms with E-state index in [-0.39, 0.29) is 24.3 Å². The Labute approximate surface area is 141 Å². The largest absolute Gasteiger partial charge is 0.482 e. The molecule has 0 saturated heterocycles. The number of nitrogens with one attached hydrogen (secondary N) is 1. The lowest BCUT2D eigenvalue weighted by Gasteiger charge is -2.29. The summed E-state index contributed by atoms with van der Waals surface area (Å²) in [6.07, 6.45) is 7.31. The van der Waals surface area contributed by atoms with Gasteiger partial charge in [-0.1, -0.05) is 24.3 Å². The third-order valence-electron chi connectivity index (χ3n) is 5.28. The van der Waals surface area contributed by atoms with Crippen molar-refractivity contribution < 1.29 is 14.3 Å². The second-order valence-electron chi connectivity index (χ2n) is 6.83. The van der Waals surface area contributed by atoms with E-state index in [1.54, 1.807) is 4.90 Å². The second-order valence-corrected chi connectivity index (χ2v) is 6.83. The van der Waals surface area contributed by atoms with Crippen LogP contribution in [-0.2, 0) is 9.59 Å². The minimum Gasteiger partial charge on any atom is -0.482 e. The molecule has 1 aromatic carbocycles. The molecule has 3 aliphatic rings. The lowest BCUT2D eigenvalue weighted by Crippen LogP contribution is -2.41. The molecule has 1 saturated carbocycles. The summed E-state index contributed by atoms with van der Waals surface area (Å²) in [5.41, 5.74) is 0.818. The molecular formula is C19H22N2O3. The zero-order valence-corrected chi connectivity index (χ0v) is 13.6. The van der Waals surface area contributed by atoms with Gasteiger partial charge in [0.05, 0.1) is 5.69 Å². The van der Waals surface area contributed by atoms with Gasteiger partial charge in [0.2, 0.25) is 5.91 Å². The molecular weight excluding hydrogens is 304 g/mol. The molecule has 2 bridgehead atoms. The predicted octanol–water partition coefficient (Wildman–Crippen LogP) is 2.13. The minimum atomic E-state index is -0.0294. The summed E-state index contributed by atoms with van der Waals surface area (Å²) in [4.78, 5) is 26.1. The highest BCUT2D eigenvalue weighted by Crippen LogP contribution is 2.43. The fourth-order valence-corrected chi connectivity index (χ4v) is 4.06. The molecule has 0 spiro atoms. The zero-order valence-electron chi connectivity index (χ0n) is 13.6. The molecule has 2 amide bonds. The molecule has 2 aliphatic carbocycles. The van der Waals surface area contributed by atoms with Crippen LogP contribution in [0, 0.1) is 17.8 Å². The van der Waals surface area contributed by atoms with Crippen LogP contribution in [0.25, 0.3) is 0 Å². The molecule has 24 heavy (non-hydrogen) atoms. The number of para-hydroxylation sites is 2. The number of nitrogens with zero attached hydrogens (tertiary/aromatic N) is 1. The van der Waals surface area contributed by atoms with Crippen molar-refractivity contribution in [2.24, 2.45) is 17.8 Å². The van der Waals surface area contributed by atoms with Gasteiger partial charge in [-0.2, -0.15) is 0 Å². The van der Waals surface area contributed by atoms with E-state index in [9.17, 15) is 9.59 Å². The van der Waals surface area contributed by atoms with Crippen LogP contribution in [0.2, 0.25) is 0 Å². The molecule has 3 atom stereocenters. The molecule has 1 aliphatic heterocycles. The van der Waals surface area contributed by atoms with Crippen LogP contribution in [-0.4, -0.2) is 31.5 Å². The number of fused-ring (bicyclic) bond motifs is 3. The van der Waals surface area contributed by atoms with Crippen molar-refractivity contribution in [2.75, 3.05) is 24.6 Å². The number of carbonyl (C=O) groups is 2. The highest BCUT2D eigenvalue weighted by molar-refractivity contribution is 5.97. The van der Waals surface area contributed by atoms with Gasteiger partial charge in [0.25, 0.3) is 5.91 Å². The number of anilines is 1. The Morgan fingerprint density at radius 2 is 2.12 bits per heavy atom. The van der Waals surface area contributed by atoms with Crippen molar-refractivity contribution in [3.8, 4) is 5.75 Å². The molecule has 5 heteroatoms. The van der Waals surface area contributed by atoms with Crippen LogP contribution in [0.1, 0.15) is 19.3 Å². The Kier molecular flexibility index (Phi) is 4.00. The van der Waals surface area contributed by atoms with E-state index in [0.29, 0.717) is 24.9 Å². The molecule has 1 N–H and O–H groups in total. The average Bonchev–Trinajstić information content (AvgIpc) is 3.23. The Hall–Kier alpha value is -2.30. The van der Waals surface area contributed by atoms with Crippen molar-refractivity contribution in [1.82, 2.24) is 5.32 Å². The molecule has 1 fully saturated rings. The van der Waals surface area contributed by atoms with Gasteiger partial charge in [0, 0.05) is 19.0 Å². The van der Waals surface area contributed by atoms with Crippen LogP contribution in [0.15, 0.2) is 36.4 Å². The number of ether oxygens (including phenoxy) is 1. The SMILES string of the molecule is O=C(NCCCN1C(=O)COc2ccccc21)C1CC2C=CC1C2. The number of carbonyl (C=O) groups excluding carboxylic acids is 2. The quantitative estimate of drug-likeness (QED) is 0.666. The maximum absolute atomic E-state index is 12.3. The number of rotatable bonds is 5. The summed E-state index contributed by atoms with van der Waals surface area (Å²) in [5.74, 6) is 2.07. The van der Waals surface area contributed by atoms with Gasteiger partial charge in [0.1, 0.15) is 5.75 Å². The van der Waals surface area contributed by atoms with Crippen molar-refractivity contribution in [1.29, 1.82) is 0 Å². The maximum atomic E-state index is 12.3. The smallest absolute Gasteiger partial charge is 0.265 e. The van der Waals surface area contributed by atoms with Gasteiger partial charge in [-0.05, 0) is 43.2 Å². The lowest BCUT2D eigenvalue weighted by atomic mass is 9.93. The van der Waals surface area contributed by atoms with Crippen LogP contribution in [0.3, 0.4) is 0 Å². The van der Waals surface area contributed by atoms with E-state index in [0.717, 1.165) is 30.7 Å². The van der Waals surface area contributed by atoms with Crippen LogP contribution in [0.5, 0.6) is 5.75 Å². The first kappa shape index (κ1) is 15.2. The number of amides is 2. The van der Waals surface area contributed by atoms with Gasteiger partial charge in [0.15, 0.2) is 6.61 Å². The molecule has 0 aromatic heterocycles. The molecule has 126 valence electrons. The van der Waals surface area contributed by atoms with Crippen LogP contribution < -0.4 is 15.0 Å². The Morgan fingerprint density at radius 3 is 2.92 bits per heavy atom. The lowest BCUT2D eigenvalue weighted by molar-refractivity contribution is -0.125. The van der Waals surface area contributed by atoms with E-state index in [1.807, 2.05) is 24.3 Å². The molecule has 3 unspecified atom stereocenters. The van der Waals surface area contributed by atoms with E-state index in [1.165, 1.54) is 0 Å².